The molecule has 0 bridgehead atoms. The van der Waals surface area contributed by atoms with Crippen molar-refractivity contribution in [3.05, 3.63) is 42.0 Å². The second-order valence-electron chi connectivity index (χ2n) is 4.69. The highest BCUT2D eigenvalue weighted by Gasteiger charge is 2.20. The number of hydrogen-bond donors (Lipinski definition) is 3. The molecule has 1 atom stereocenters. The normalized spacial score (nSPS) is 13.0. The monoisotopic (exact) mass is 340 g/mol. The minimum Gasteiger partial charge on any atom is -0.480 e. The Labute approximate surface area is 135 Å². The number of sulfonamides is 1. The molecule has 0 saturated heterocycles. The number of carbonyl (C=O) groups excluding carboxylic acids is 1. The van der Waals surface area contributed by atoms with Gasteiger partial charge in [-0.25, -0.2) is 17.9 Å². The van der Waals surface area contributed by atoms with E-state index in [9.17, 15) is 18.0 Å². The molecule has 1 amide bonds. The number of carbonyl (C=O) groups is 2. The molecule has 3 N–H and O–H groups in total. The van der Waals surface area contributed by atoms with Gasteiger partial charge in [0.1, 0.15) is 6.04 Å². The summed E-state index contributed by atoms with van der Waals surface area (Å²) in [5, 5.41) is 11.5. The predicted octanol–water partition coefficient (Wildman–Crippen LogP) is 1.13. The lowest BCUT2D eigenvalue weighted by molar-refractivity contribution is -0.139. The molecule has 0 aliphatic rings. The summed E-state index contributed by atoms with van der Waals surface area (Å²) in [5.41, 5.74) is 0.187. The molecule has 1 unspecified atom stereocenters. The van der Waals surface area contributed by atoms with Gasteiger partial charge in [-0.15, -0.1) is 0 Å². The molecule has 0 aliphatic carbocycles. The molecular weight excluding hydrogens is 320 g/mol. The number of rotatable bonds is 8. The molecule has 0 aromatic heterocycles. The van der Waals surface area contributed by atoms with Crippen LogP contribution in [0.25, 0.3) is 0 Å². The smallest absolute Gasteiger partial charge is 0.326 e. The van der Waals surface area contributed by atoms with Gasteiger partial charge in [0.15, 0.2) is 0 Å². The van der Waals surface area contributed by atoms with Crippen LogP contribution in [0.4, 0.5) is 0 Å². The van der Waals surface area contributed by atoms with Gasteiger partial charge < -0.3 is 10.4 Å². The van der Waals surface area contributed by atoms with Gasteiger partial charge in [0.2, 0.25) is 10.0 Å². The zero-order valence-corrected chi connectivity index (χ0v) is 13.8. The lowest BCUT2D eigenvalue weighted by Crippen LogP contribution is -2.40. The Balaban J connectivity index is 2.87. The summed E-state index contributed by atoms with van der Waals surface area (Å²) in [6.07, 6.45) is 3.51. The molecule has 23 heavy (non-hydrogen) atoms. The van der Waals surface area contributed by atoms with Crippen molar-refractivity contribution in [2.45, 2.75) is 31.2 Å². The fraction of sp³-hybridized carbons (Fsp3) is 0.333. The number of hydrogen-bond acceptors (Lipinski definition) is 4. The zero-order valence-electron chi connectivity index (χ0n) is 12.9. The summed E-state index contributed by atoms with van der Waals surface area (Å²) in [7, 11) is -3.59. The van der Waals surface area contributed by atoms with E-state index in [4.69, 9.17) is 5.11 Å². The molecule has 1 aromatic carbocycles. The average molecular weight is 340 g/mol. The van der Waals surface area contributed by atoms with Crippen LogP contribution in [0.15, 0.2) is 41.3 Å². The van der Waals surface area contributed by atoms with Crippen molar-refractivity contribution in [1.82, 2.24) is 10.0 Å². The summed E-state index contributed by atoms with van der Waals surface area (Å²) in [6.45, 7) is 3.68. The molecule has 1 aromatic rings. The van der Waals surface area contributed by atoms with E-state index in [0.717, 1.165) is 0 Å². The molecule has 126 valence electrons. The highest BCUT2D eigenvalue weighted by atomic mass is 32.2. The maximum Gasteiger partial charge on any atom is 0.326 e. The number of carboxylic acids is 1. The molecule has 7 nitrogen and oxygen atoms in total. The van der Waals surface area contributed by atoms with Crippen molar-refractivity contribution in [2.75, 3.05) is 6.54 Å². The third kappa shape index (κ3) is 5.50. The number of carboxylic acid groups (broad SMARTS) is 1. The van der Waals surface area contributed by atoms with Gasteiger partial charge in [0.05, 0.1) is 4.90 Å². The van der Waals surface area contributed by atoms with Crippen LogP contribution >= 0.6 is 0 Å². The standard InChI is InChI=1S/C15H20N2O5S/c1-3-5-6-13(15(19)20)17-14(18)11-7-9-12(10-8-11)23(21,22)16-4-2/h3,5,7-10,13,16H,4,6H2,1-2H3,(H,17,18)(H,19,20)/b5-3+. The maximum absolute atomic E-state index is 12.0. The summed E-state index contributed by atoms with van der Waals surface area (Å²) >= 11 is 0. The Bertz CT molecular complexity index is 680. The van der Waals surface area contributed by atoms with Crippen molar-refractivity contribution < 1.29 is 23.1 Å². The Morgan fingerprint density at radius 2 is 1.87 bits per heavy atom. The van der Waals surface area contributed by atoms with E-state index in [1.165, 1.54) is 24.3 Å². The Hall–Kier alpha value is -2.19. The third-order valence-electron chi connectivity index (χ3n) is 2.97. The molecule has 0 saturated carbocycles. The fourth-order valence-corrected chi connectivity index (χ4v) is 2.84. The number of nitrogens with one attached hydrogen (secondary N) is 2. The van der Waals surface area contributed by atoms with Crippen LogP contribution in [0, 0.1) is 0 Å². The Morgan fingerprint density at radius 1 is 1.26 bits per heavy atom. The number of allylic oxidation sites excluding steroid dienone is 1. The molecule has 0 heterocycles. The molecule has 0 fully saturated rings. The quantitative estimate of drug-likeness (QED) is 0.614. The summed E-state index contributed by atoms with van der Waals surface area (Å²) in [6, 6.07) is 4.25. The first-order valence-electron chi connectivity index (χ1n) is 7.06. The number of benzene rings is 1. The van der Waals surface area contributed by atoms with Gasteiger partial charge in [-0.05, 0) is 37.6 Å². The average Bonchev–Trinajstić information content (AvgIpc) is 2.51. The SMILES string of the molecule is C/C=C/CC(NC(=O)c1ccc(S(=O)(=O)NCC)cc1)C(=O)O. The van der Waals surface area contributed by atoms with E-state index in [1.54, 1.807) is 26.0 Å². The van der Waals surface area contributed by atoms with Crippen LogP contribution < -0.4 is 10.0 Å². The highest BCUT2D eigenvalue weighted by molar-refractivity contribution is 7.89. The van der Waals surface area contributed by atoms with E-state index in [-0.39, 0.29) is 23.4 Å². The fourth-order valence-electron chi connectivity index (χ4n) is 1.79. The van der Waals surface area contributed by atoms with Crippen LogP contribution in [-0.2, 0) is 14.8 Å². The summed E-state index contributed by atoms with van der Waals surface area (Å²) < 4.78 is 25.9. The van der Waals surface area contributed by atoms with Crippen LogP contribution in [0.1, 0.15) is 30.6 Å². The van der Waals surface area contributed by atoms with Gasteiger partial charge in [0, 0.05) is 12.1 Å². The molecule has 0 radical (unpaired) electrons. The number of amides is 1. The largest absolute Gasteiger partial charge is 0.480 e. The van der Waals surface area contributed by atoms with E-state index in [1.807, 2.05) is 0 Å². The van der Waals surface area contributed by atoms with Gasteiger partial charge >= 0.3 is 5.97 Å². The van der Waals surface area contributed by atoms with Crippen molar-refractivity contribution in [2.24, 2.45) is 0 Å². The molecule has 1 rings (SSSR count). The minimum absolute atomic E-state index is 0.0413. The van der Waals surface area contributed by atoms with E-state index in [0.29, 0.717) is 0 Å². The van der Waals surface area contributed by atoms with E-state index >= 15 is 0 Å². The molecule has 0 aliphatic heterocycles. The van der Waals surface area contributed by atoms with Crippen molar-refractivity contribution in [3.63, 3.8) is 0 Å². The first kappa shape index (κ1) is 18.9. The first-order valence-corrected chi connectivity index (χ1v) is 8.54. The second kappa shape index (κ2) is 8.44. The van der Waals surface area contributed by atoms with E-state index < -0.39 is 27.9 Å². The third-order valence-corrected chi connectivity index (χ3v) is 4.53. The van der Waals surface area contributed by atoms with Crippen LogP contribution in [-0.4, -0.2) is 38.0 Å². The van der Waals surface area contributed by atoms with Gasteiger partial charge in [-0.1, -0.05) is 19.1 Å². The van der Waals surface area contributed by atoms with Gasteiger partial charge in [-0.2, -0.15) is 0 Å². The van der Waals surface area contributed by atoms with Crippen LogP contribution in [0.2, 0.25) is 0 Å². The van der Waals surface area contributed by atoms with E-state index in [2.05, 4.69) is 10.0 Å². The van der Waals surface area contributed by atoms with Gasteiger partial charge in [0.25, 0.3) is 5.91 Å². The van der Waals surface area contributed by atoms with Gasteiger partial charge in [-0.3, -0.25) is 4.79 Å². The lowest BCUT2D eigenvalue weighted by atomic mass is 10.1. The van der Waals surface area contributed by atoms with Crippen molar-refractivity contribution in [3.8, 4) is 0 Å². The van der Waals surface area contributed by atoms with Crippen LogP contribution in [0.5, 0.6) is 0 Å². The maximum atomic E-state index is 12.0. The Kier molecular flexibility index (Phi) is 6.92. The second-order valence-corrected chi connectivity index (χ2v) is 6.46. The van der Waals surface area contributed by atoms with Crippen molar-refractivity contribution in [1.29, 1.82) is 0 Å². The molecule has 0 spiro atoms. The summed E-state index contributed by atoms with van der Waals surface area (Å²) in [4.78, 5) is 23.2. The lowest BCUT2D eigenvalue weighted by Gasteiger charge is -2.13. The highest BCUT2D eigenvalue weighted by Crippen LogP contribution is 2.11. The zero-order chi connectivity index (χ0) is 17.5. The number of aliphatic carboxylic acids is 1. The van der Waals surface area contributed by atoms with Crippen molar-refractivity contribution >= 4 is 21.9 Å². The topological polar surface area (TPSA) is 113 Å². The minimum atomic E-state index is -3.59. The molecule has 8 heteroatoms. The Morgan fingerprint density at radius 3 is 2.35 bits per heavy atom. The predicted molar refractivity (Wildman–Crippen MR) is 85.6 cm³/mol. The van der Waals surface area contributed by atoms with Crippen LogP contribution in [0.3, 0.4) is 0 Å². The summed E-state index contributed by atoms with van der Waals surface area (Å²) in [5.74, 6) is -1.71. The first-order chi connectivity index (χ1) is 10.8. The molecular formula is C15H20N2O5S.